The maximum Gasteiger partial charge on any atom is 0.140 e. The molecule has 72 valence electrons. The largest absolute Gasteiger partial charge is 0.361 e. The summed E-state index contributed by atoms with van der Waals surface area (Å²) in [6.45, 7) is 0.740. The third kappa shape index (κ3) is 1.15. The molecule has 2 heterocycles. The van der Waals surface area contributed by atoms with Gasteiger partial charge in [-0.05, 0) is 29.1 Å². The van der Waals surface area contributed by atoms with Gasteiger partial charge in [-0.15, -0.1) is 0 Å². The number of H-pyrrole nitrogens is 1. The van der Waals surface area contributed by atoms with E-state index in [0.29, 0.717) is 5.92 Å². The van der Waals surface area contributed by atoms with Gasteiger partial charge < -0.3 is 9.72 Å². The van der Waals surface area contributed by atoms with Crippen molar-refractivity contribution in [3.05, 3.63) is 36.0 Å². The normalized spacial score (nSPS) is 26.4. The van der Waals surface area contributed by atoms with E-state index in [0.717, 1.165) is 6.61 Å². The molecular weight excluding hydrogens is 198 g/mol. The second kappa shape index (κ2) is 3.01. The van der Waals surface area contributed by atoms with E-state index in [1.807, 2.05) is 6.20 Å². The second-order valence-corrected chi connectivity index (χ2v) is 4.05. The Kier molecular flexibility index (Phi) is 1.79. The summed E-state index contributed by atoms with van der Waals surface area (Å²) in [5, 5.41) is 1.23. The maximum absolute atomic E-state index is 5.94. The Morgan fingerprint density at radius 2 is 2.29 bits per heavy atom. The first kappa shape index (κ1) is 8.33. The number of benzene rings is 1. The topological polar surface area (TPSA) is 25.0 Å². The zero-order valence-electron chi connectivity index (χ0n) is 7.53. The van der Waals surface area contributed by atoms with Gasteiger partial charge in [-0.25, -0.2) is 0 Å². The summed E-state index contributed by atoms with van der Waals surface area (Å²) < 4.78 is 5.15. The van der Waals surface area contributed by atoms with Crippen molar-refractivity contribution in [1.82, 2.24) is 4.98 Å². The van der Waals surface area contributed by atoms with Crippen LogP contribution >= 0.6 is 11.6 Å². The highest BCUT2D eigenvalue weighted by molar-refractivity contribution is 6.20. The summed E-state index contributed by atoms with van der Waals surface area (Å²) in [6.07, 6.45) is 1.95. The first-order chi connectivity index (χ1) is 6.84. The van der Waals surface area contributed by atoms with E-state index in [1.165, 1.54) is 16.5 Å². The Balaban J connectivity index is 2.04. The van der Waals surface area contributed by atoms with E-state index in [-0.39, 0.29) is 5.56 Å². The van der Waals surface area contributed by atoms with E-state index < -0.39 is 0 Å². The molecular formula is C11H10ClNO. The molecule has 1 unspecified atom stereocenters. The van der Waals surface area contributed by atoms with Crippen molar-refractivity contribution in [3.8, 4) is 0 Å². The number of ether oxygens (including phenoxy) is 1. The van der Waals surface area contributed by atoms with Gasteiger partial charge in [-0.2, -0.15) is 0 Å². The van der Waals surface area contributed by atoms with Crippen LogP contribution in [0.3, 0.4) is 0 Å². The van der Waals surface area contributed by atoms with Crippen LogP contribution in [0.1, 0.15) is 11.5 Å². The summed E-state index contributed by atoms with van der Waals surface area (Å²) in [5.41, 5.74) is 2.29. The Morgan fingerprint density at radius 3 is 3.00 bits per heavy atom. The van der Waals surface area contributed by atoms with E-state index in [9.17, 15) is 0 Å². The van der Waals surface area contributed by atoms with Gasteiger partial charge >= 0.3 is 0 Å². The molecule has 0 spiro atoms. The number of nitrogens with one attached hydrogen (secondary N) is 1. The zero-order chi connectivity index (χ0) is 9.54. The van der Waals surface area contributed by atoms with E-state index >= 15 is 0 Å². The fourth-order valence-corrected chi connectivity index (χ4v) is 2.11. The number of aromatic nitrogens is 1. The number of fused-ring (bicyclic) bond motifs is 1. The van der Waals surface area contributed by atoms with Crippen LogP contribution in [0, 0.1) is 0 Å². The molecule has 2 atom stereocenters. The lowest BCUT2D eigenvalue weighted by atomic mass is 9.96. The van der Waals surface area contributed by atoms with Crippen LogP contribution in [0.25, 0.3) is 10.9 Å². The molecule has 1 aromatic carbocycles. The van der Waals surface area contributed by atoms with Gasteiger partial charge in [0, 0.05) is 17.6 Å². The lowest BCUT2D eigenvalue weighted by molar-refractivity contribution is -0.0234. The molecule has 1 aliphatic rings. The van der Waals surface area contributed by atoms with Gasteiger partial charge in [0.1, 0.15) is 5.56 Å². The Morgan fingerprint density at radius 1 is 1.36 bits per heavy atom. The van der Waals surface area contributed by atoms with Crippen molar-refractivity contribution in [1.29, 1.82) is 0 Å². The molecule has 0 bridgehead atoms. The minimum absolute atomic E-state index is 0.147. The zero-order valence-corrected chi connectivity index (χ0v) is 8.29. The summed E-state index contributed by atoms with van der Waals surface area (Å²) in [5.74, 6) is 0.357. The van der Waals surface area contributed by atoms with Crippen molar-refractivity contribution in [2.24, 2.45) is 0 Å². The third-order valence-corrected chi connectivity index (χ3v) is 3.19. The average Bonchev–Trinajstić information content (AvgIpc) is 2.62. The van der Waals surface area contributed by atoms with Crippen molar-refractivity contribution < 1.29 is 4.74 Å². The van der Waals surface area contributed by atoms with E-state index in [4.69, 9.17) is 16.3 Å². The molecule has 1 aromatic heterocycles. The molecule has 0 aliphatic carbocycles. The number of rotatable bonds is 1. The predicted octanol–water partition coefficient (Wildman–Crippen LogP) is 2.85. The van der Waals surface area contributed by atoms with Gasteiger partial charge in [0.05, 0.1) is 6.61 Å². The third-order valence-electron chi connectivity index (χ3n) is 2.76. The SMILES string of the molecule is Cl[C@@H]1OCC1c1ccc2[nH]ccc2c1. The van der Waals surface area contributed by atoms with Crippen LogP contribution in [0.2, 0.25) is 0 Å². The van der Waals surface area contributed by atoms with Crippen LogP contribution in [0.4, 0.5) is 0 Å². The molecule has 0 saturated carbocycles. The molecule has 2 nitrogen and oxygen atoms in total. The Hall–Kier alpha value is -0.990. The summed E-state index contributed by atoms with van der Waals surface area (Å²) in [4.78, 5) is 3.17. The van der Waals surface area contributed by atoms with Crippen molar-refractivity contribution >= 4 is 22.5 Å². The van der Waals surface area contributed by atoms with E-state index in [2.05, 4.69) is 29.2 Å². The smallest absolute Gasteiger partial charge is 0.140 e. The quantitative estimate of drug-likeness (QED) is 0.715. The number of hydrogen-bond donors (Lipinski definition) is 1. The molecule has 3 heteroatoms. The minimum atomic E-state index is -0.147. The minimum Gasteiger partial charge on any atom is -0.361 e. The highest BCUT2D eigenvalue weighted by Gasteiger charge is 2.31. The van der Waals surface area contributed by atoms with Crippen LogP contribution < -0.4 is 0 Å². The Labute approximate surface area is 86.8 Å². The van der Waals surface area contributed by atoms with Crippen LogP contribution in [0.15, 0.2) is 30.5 Å². The maximum atomic E-state index is 5.94. The standard InChI is InChI=1S/C11H10ClNO/c12-11-9(6-14-11)7-1-2-10-8(5-7)3-4-13-10/h1-5,9,11,13H,6H2/t9?,11-/m1/s1. The molecule has 1 fully saturated rings. The second-order valence-electron chi connectivity index (χ2n) is 3.62. The number of hydrogen-bond acceptors (Lipinski definition) is 1. The molecule has 3 rings (SSSR count). The number of alkyl halides is 1. The van der Waals surface area contributed by atoms with Gasteiger partial charge in [0.2, 0.25) is 0 Å². The molecule has 1 N–H and O–H groups in total. The Bertz CT molecular complexity index is 465. The predicted molar refractivity (Wildman–Crippen MR) is 56.6 cm³/mol. The fourth-order valence-electron chi connectivity index (χ4n) is 1.82. The van der Waals surface area contributed by atoms with Crippen LogP contribution in [0.5, 0.6) is 0 Å². The van der Waals surface area contributed by atoms with Gasteiger partial charge in [-0.1, -0.05) is 17.7 Å². The monoisotopic (exact) mass is 207 g/mol. The summed E-state index contributed by atoms with van der Waals surface area (Å²) in [6, 6.07) is 8.45. The molecule has 0 radical (unpaired) electrons. The first-order valence-corrected chi connectivity index (χ1v) is 5.11. The van der Waals surface area contributed by atoms with Crippen molar-refractivity contribution in [2.75, 3.05) is 6.61 Å². The van der Waals surface area contributed by atoms with E-state index in [1.54, 1.807) is 0 Å². The molecule has 1 saturated heterocycles. The van der Waals surface area contributed by atoms with Gasteiger partial charge in [0.25, 0.3) is 0 Å². The molecule has 14 heavy (non-hydrogen) atoms. The summed E-state index contributed by atoms with van der Waals surface area (Å²) >= 11 is 5.94. The first-order valence-electron chi connectivity index (χ1n) is 4.67. The van der Waals surface area contributed by atoms with Gasteiger partial charge in [-0.3, -0.25) is 0 Å². The summed E-state index contributed by atoms with van der Waals surface area (Å²) in [7, 11) is 0. The highest BCUT2D eigenvalue weighted by Crippen LogP contribution is 2.34. The fraction of sp³-hybridized carbons (Fsp3) is 0.273. The van der Waals surface area contributed by atoms with Gasteiger partial charge in [0.15, 0.2) is 0 Å². The molecule has 0 amide bonds. The van der Waals surface area contributed by atoms with Crippen LogP contribution in [-0.2, 0) is 4.74 Å². The highest BCUT2D eigenvalue weighted by atomic mass is 35.5. The lowest BCUT2D eigenvalue weighted by Crippen LogP contribution is -2.32. The lowest BCUT2D eigenvalue weighted by Gasteiger charge is -2.32. The van der Waals surface area contributed by atoms with Crippen molar-refractivity contribution in [2.45, 2.75) is 11.5 Å². The number of aromatic amines is 1. The molecule has 1 aliphatic heterocycles. The average molecular weight is 208 g/mol. The number of halogens is 1. The van der Waals surface area contributed by atoms with Crippen LogP contribution in [-0.4, -0.2) is 17.2 Å². The molecule has 2 aromatic rings. The van der Waals surface area contributed by atoms with Crippen molar-refractivity contribution in [3.63, 3.8) is 0 Å².